The lowest BCUT2D eigenvalue weighted by Gasteiger charge is -2.48. The van der Waals surface area contributed by atoms with Crippen LogP contribution < -0.4 is 15.4 Å². The third-order valence-electron chi connectivity index (χ3n) is 7.38. The van der Waals surface area contributed by atoms with Gasteiger partial charge >= 0.3 is 0 Å². The summed E-state index contributed by atoms with van der Waals surface area (Å²) < 4.78 is 33.8. The van der Waals surface area contributed by atoms with E-state index in [2.05, 4.69) is 15.4 Å². The number of Topliss-reactive ketones (excluding diaryl/α,β-unsaturated/α-hetero) is 1. The maximum absolute atomic E-state index is 14.0. The lowest BCUT2D eigenvalue weighted by atomic mass is 9.67. The lowest BCUT2D eigenvalue weighted by molar-refractivity contribution is -0.132. The van der Waals surface area contributed by atoms with Gasteiger partial charge in [0.15, 0.2) is 5.78 Å². The molecule has 1 aliphatic heterocycles. The number of nitrogens with one attached hydrogen (secondary N) is 3. The maximum Gasteiger partial charge on any atom is 0.208 e. The quantitative estimate of drug-likeness (QED) is 0.282. The highest BCUT2D eigenvalue weighted by Gasteiger charge is 2.50. The predicted octanol–water partition coefficient (Wildman–Crippen LogP) is 4.48. The normalized spacial score (nSPS) is 22.1. The molecule has 0 saturated carbocycles. The Morgan fingerprint density at radius 3 is 2.35 bits per heavy atom. The smallest absolute Gasteiger partial charge is 0.208 e. The van der Waals surface area contributed by atoms with Gasteiger partial charge in [0.25, 0.3) is 0 Å². The van der Waals surface area contributed by atoms with Crippen LogP contribution in [0.1, 0.15) is 30.0 Å². The van der Waals surface area contributed by atoms with E-state index in [1.807, 2.05) is 73.7 Å². The van der Waals surface area contributed by atoms with E-state index < -0.39 is 33.6 Å². The molecule has 0 radical (unpaired) electrons. The molecular weight excluding hydrogens is 569 g/mol. The van der Waals surface area contributed by atoms with Crippen LogP contribution in [0.3, 0.4) is 0 Å². The summed E-state index contributed by atoms with van der Waals surface area (Å²) in [6.45, 7) is 3.14. The van der Waals surface area contributed by atoms with Crippen molar-refractivity contribution in [3.8, 4) is 0 Å². The number of sulfonamides is 1. The minimum absolute atomic E-state index is 0.0718. The molecule has 214 valence electrons. The second kappa shape index (κ2) is 13.6. The number of rotatable bonds is 12. The first-order chi connectivity index (χ1) is 19.1. The Morgan fingerprint density at radius 2 is 1.70 bits per heavy atom. The van der Waals surface area contributed by atoms with Crippen LogP contribution in [0.4, 0.5) is 0 Å². The molecule has 0 amide bonds. The second-order valence-corrected chi connectivity index (χ2v) is 12.9. The van der Waals surface area contributed by atoms with E-state index in [0.29, 0.717) is 29.6 Å². The van der Waals surface area contributed by atoms with Gasteiger partial charge in [0.1, 0.15) is 0 Å². The molecule has 4 atom stereocenters. The molecule has 4 unspecified atom stereocenters. The topological polar surface area (TPSA) is 96.5 Å². The fourth-order valence-electron chi connectivity index (χ4n) is 5.20. The van der Waals surface area contributed by atoms with Crippen LogP contribution >= 0.6 is 23.2 Å². The molecule has 0 bridgehead atoms. The van der Waals surface area contributed by atoms with Gasteiger partial charge in [0.05, 0.1) is 41.1 Å². The molecule has 40 heavy (non-hydrogen) atoms. The molecule has 3 aromatic carbocycles. The monoisotopic (exact) mass is 603 g/mol. The maximum atomic E-state index is 14.0. The standard InChI is InChI=1S/C30H35Cl2N3O4S/c1-21(34-18-23-13-14-25(31)26(32)17-23)28(36)27-29(39-19-22-9-5-3-6-10-22)30(15-16-33-27,20-35-40(2,37)38)24-11-7-4-8-12-24/h3-14,17,21,27,29,33-35H,15-16,18-20H2,1-2H3. The highest BCUT2D eigenvalue weighted by Crippen LogP contribution is 2.38. The Morgan fingerprint density at radius 1 is 1.02 bits per heavy atom. The van der Waals surface area contributed by atoms with Gasteiger partial charge in [0, 0.05) is 18.5 Å². The van der Waals surface area contributed by atoms with Crippen LogP contribution in [0, 0.1) is 0 Å². The number of hydrogen-bond acceptors (Lipinski definition) is 6. The fourth-order valence-corrected chi connectivity index (χ4v) is 6.05. The molecule has 0 aromatic heterocycles. The average molecular weight is 605 g/mol. The van der Waals surface area contributed by atoms with Gasteiger partial charge in [0.2, 0.25) is 10.0 Å². The summed E-state index contributed by atoms with van der Waals surface area (Å²) in [5.41, 5.74) is 2.00. The van der Waals surface area contributed by atoms with E-state index in [-0.39, 0.29) is 18.9 Å². The minimum atomic E-state index is -3.50. The summed E-state index contributed by atoms with van der Waals surface area (Å²) in [6, 6.07) is 23.6. The number of ketones is 1. The van der Waals surface area contributed by atoms with Crippen molar-refractivity contribution in [3.63, 3.8) is 0 Å². The summed E-state index contributed by atoms with van der Waals surface area (Å²) in [7, 11) is -3.50. The molecule has 0 aliphatic carbocycles. The Hall–Kier alpha value is -2.30. The van der Waals surface area contributed by atoms with Crippen LogP contribution in [0.25, 0.3) is 0 Å². The first-order valence-corrected chi connectivity index (χ1v) is 15.8. The number of carbonyl (C=O) groups is 1. The molecule has 1 saturated heterocycles. The Kier molecular flexibility index (Phi) is 10.4. The first-order valence-electron chi connectivity index (χ1n) is 13.2. The van der Waals surface area contributed by atoms with Gasteiger partial charge < -0.3 is 15.4 Å². The molecule has 7 nitrogen and oxygen atoms in total. The number of piperidine rings is 1. The van der Waals surface area contributed by atoms with E-state index in [9.17, 15) is 13.2 Å². The summed E-state index contributed by atoms with van der Waals surface area (Å²) in [4.78, 5) is 14.0. The van der Waals surface area contributed by atoms with Crippen LogP contribution in [-0.4, -0.2) is 51.7 Å². The Balaban J connectivity index is 1.65. The van der Waals surface area contributed by atoms with Crippen LogP contribution in [0.5, 0.6) is 0 Å². The molecule has 3 aromatic rings. The summed E-state index contributed by atoms with van der Waals surface area (Å²) in [5.74, 6) is -0.0718. The van der Waals surface area contributed by atoms with E-state index >= 15 is 0 Å². The summed E-state index contributed by atoms with van der Waals surface area (Å²) in [5, 5.41) is 7.62. The fraction of sp³-hybridized carbons (Fsp3) is 0.367. The highest BCUT2D eigenvalue weighted by atomic mass is 35.5. The van der Waals surface area contributed by atoms with Crippen LogP contribution in [-0.2, 0) is 38.1 Å². The minimum Gasteiger partial charge on any atom is -0.370 e. The number of ether oxygens (including phenoxy) is 1. The van der Waals surface area contributed by atoms with Gasteiger partial charge in [-0.1, -0.05) is 89.9 Å². The molecule has 1 heterocycles. The number of benzene rings is 3. The largest absolute Gasteiger partial charge is 0.370 e. The average Bonchev–Trinajstić information content (AvgIpc) is 2.95. The number of carbonyl (C=O) groups excluding carboxylic acids is 1. The molecule has 3 N–H and O–H groups in total. The summed E-state index contributed by atoms with van der Waals surface area (Å²) in [6.07, 6.45) is 1.07. The van der Waals surface area contributed by atoms with Crippen molar-refractivity contribution in [1.29, 1.82) is 0 Å². The first kappa shape index (κ1) is 30.7. The van der Waals surface area contributed by atoms with Crippen molar-refractivity contribution in [2.75, 3.05) is 19.3 Å². The van der Waals surface area contributed by atoms with Crippen molar-refractivity contribution < 1.29 is 17.9 Å². The van der Waals surface area contributed by atoms with Crippen molar-refractivity contribution in [1.82, 2.24) is 15.4 Å². The van der Waals surface area contributed by atoms with Crippen molar-refractivity contribution in [2.24, 2.45) is 0 Å². The van der Waals surface area contributed by atoms with E-state index in [1.54, 1.807) is 12.1 Å². The zero-order valence-electron chi connectivity index (χ0n) is 22.6. The van der Waals surface area contributed by atoms with E-state index in [4.69, 9.17) is 27.9 Å². The van der Waals surface area contributed by atoms with Crippen molar-refractivity contribution in [2.45, 2.75) is 50.1 Å². The zero-order chi connectivity index (χ0) is 28.8. The third-order valence-corrected chi connectivity index (χ3v) is 8.79. The molecular formula is C30H35Cl2N3O4S. The Bertz CT molecular complexity index is 1390. The SMILES string of the molecule is CC(NCc1ccc(Cl)c(Cl)c1)C(=O)C1NCCC(CNS(C)(=O)=O)(c2ccccc2)C1OCc1ccccc1. The lowest BCUT2D eigenvalue weighted by Crippen LogP contribution is -2.66. The van der Waals surface area contributed by atoms with Gasteiger partial charge in [-0.3, -0.25) is 4.79 Å². The third kappa shape index (κ3) is 7.70. The Labute approximate surface area is 246 Å². The van der Waals surface area contributed by atoms with Gasteiger partial charge in [-0.25, -0.2) is 13.1 Å². The van der Waals surface area contributed by atoms with E-state index in [0.717, 1.165) is 22.9 Å². The molecule has 1 fully saturated rings. The summed E-state index contributed by atoms with van der Waals surface area (Å²) >= 11 is 12.2. The van der Waals surface area contributed by atoms with E-state index in [1.165, 1.54) is 0 Å². The van der Waals surface area contributed by atoms with Gasteiger partial charge in [-0.05, 0) is 48.7 Å². The van der Waals surface area contributed by atoms with Gasteiger partial charge in [-0.15, -0.1) is 0 Å². The molecule has 1 aliphatic rings. The number of hydrogen-bond donors (Lipinski definition) is 3. The predicted molar refractivity (Wildman–Crippen MR) is 160 cm³/mol. The molecule has 10 heteroatoms. The van der Waals surface area contributed by atoms with Crippen molar-refractivity contribution in [3.05, 3.63) is 106 Å². The van der Waals surface area contributed by atoms with Crippen LogP contribution in [0.2, 0.25) is 10.0 Å². The van der Waals surface area contributed by atoms with Crippen LogP contribution in [0.15, 0.2) is 78.9 Å². The zero-order valence-corrected chi connectivity index (χ0v) is 24.9. The highest BCUT2D eigenvalue weighted by molar-refractivity contribution is 7.88. The van der Waals surface area contributed by atoms with Crippen molar-refractivity contribution >= 4 is 39.0 Å². The number of halogens is 2. The molecule has 4 rings (SSSR count). The van der Waals surface area contributed by atoms with Gasteiger partial charge in [-0.2, -0.15) is 0 Å². The molecule has 0 spiro atoms. The second-order valence-electron chi connectivity index (χ2n) is 10.3.